The van der Waals surface area contributed by atoms with Crippen molar-refractivity contribution < 1.29 is 0 Å². The van der Waals surface area contributed by atoms with Gasteiger partial charge < -0.3 is 5.32 Å². The van der Waals surface area contributed by atoms with Gasteiger partial charge in [0.25, 0.3) is 0 Å². The molecule has 0 aromatic heterocycles. The average molecular weight is 290 g/mol. The smallest absolute Gasteiger partial charge is 0.101 e. The molecule has 1 N–H and O–H groups in total. The molecule has 0 bridgehead atoms. The first-order chi connectivity index (χ1) is 8.24. The third-order valence-corrected chi connectivity index (χ3v) is 3.62. The third kappa shape index (κ3) is 2.60. The van der Waals surface area contributed by atoms with Crippen molar-refractivity contribution in [2.24, 2.45) is 5.92 Å². The fourth-order valence-corrected chi connectivity index (χ4v) is 2.58. The van der Waals surface area contributed by atoms with Gasteiger partial charge in [-0.2, -0.15) is 10.5 Å². The second kappa shape index (κ2) is 5.21. The minimum Gasteiger partial charge on any atom is -0.380 e. The van der Waals surface area contributed by atoms with Gasteiger partial charge in [-0.1, -0.05) is 15.9 Å². The predicted octanol–water partition coefficient (Wildman–Crippen LogP) is 3.42. The van der Waals surface area contributed by atoms with Crippen molar-refractivity contribution in [2.45, 2.75) is 25.3 Å². The Kier molecular flexibility index (Phi) is 3.66. The molecule has 17 heavy (non-hydrogen) atoms. The second-order valence-corrected chi connectivity index (χ2v) is 5.13. The molecule has 0 spiro atoms. The number of rotatable bonds is 2. The molecule has 3 nitrogen and oxygen atoms in total. The van der Waals surface area contributed by atoms with Crippen LogP contribution in [0.25, 0.3) is 0 Å². The molecule has 0 heterocycles. The van der Waals surface area contributed by atoms with Crippen LogP contribution < -0.4 is 5.32 Å². The van der Waals surface area contributed by atoms with E-state index >= 15 is 0 Å². The fraction of sp³-hybridized carbons (Fsp3) is 0.385. The largest absolute Gasteiger partial charge is 0.380 e. The summed E-state index contributed by atoms with van der Waals surface area (Å²) in [5, 5.41) is 21.4. The zero-order valence-corrected chi connectivity index (χ0v) is 10.9. The highest BCUT2D eigenvalue weighted by atomic mass is 79.9. The number of nitriles is 2. The Morgan fingerprint density at radius 2 is 2.12 bits per heavy atom. The highest BCUT2D eigenvalue weighted by Crippen LogP contribution is 2.30. The van der Waals surface area contributed by atoms with Gasteiger partial charge in [0.15, 0.2) is 0 Å². The molecule has 0 saturated heterocycles. The molecule has 1 saturated carbocycles. The number of nitrogens with zero attached hydrogens (tertiary/aromatic N) is 2. The van der Waals surface area contributed by atoms with Crippen LogP contribution in [0, 0.1) is 28.6 Å². The molecule has 1 aromatic rings. The number of anilines is 1. The highest BCUT2D eigenvalue weighted by Gasteiger charge is 2.27. The Hall–Kier alpha value is -1.52. The molecule has 0 aliphatic heterocycles. The summed E-state index contributed by atoms with van der Waals surface area (Å²) in [5.41, 5.74) is 1.44. The molecular weight excluding hydrogens is 278 g/mol. The van der Waals surface area contributed by atoms with Crippen LogP contribution in [0.3, 0.4) is 0 Å². The van der Waals surface area contributed by atoms with Crippen molar-refractivity contribution in [1.82, 2.24) is 0 Å². The molecular formula is C13H12BrN3. The Balaban J connectivity index is 2.21. The lowest BCUT2D eigenvalue weighted by atomic mass is 10.0. The Bertz CT molecular complexity index is 498. The maximum absolute atomic E-state index is 9.04. The van der Waals surface area contributed by atoms with Gasteiger partial charge >= 0.3 is 0 Å². The molecule has 1 aliphatic rings. The van der Waals surface area contributed by atoms with Crippen LogP contribution in [-0.4, -0.2) is 6.04 Å². The van der Waals surface area contributed by atoms with Crippen molar-refractivity contribution in [1.29, 1.82) is 10.5 Å². The van der Waals surface area contributed by atoms with E-state index in [9.17, 15) is 0 Å². The summed E-state index contributed by atoms with van der Waals surface area (Å²) in [7, 11) is 0. The van der Waals surface area contributed by atoms with Crippen LogP contribution in [0.2, 0.25) is 0 Å². The van der Waals surface area contributed by atoms with Gasteiger partial charge in [0, 0.05) is 10.5 Å². The standard InChI is InChI=1S/C13H12BrN3/c14-11-5-4-10(8-16)13(6-11)17-12-3-1-2-9(12)7-15/h4-6,9,12,17H,1-3H2. The molecule has 1 aliphatic carbocycles. The molecule has 4 heteroatoms. The Labute approximate surface area is 109 Å². The van der Waals surface area contributed by atoms with Gasteiger partial charge in [0.05, 0.1) is 23.2 Å². The van der Waals surface area contributed by atoms with Crippen molar-refractivity contribution in [3.05, 3.63) is 28.2 Å². The van der Waals surface area contributed by atoms with Crippen LogP contribution in [0.5, 0.6) is 0 Å². The van der Waals surface area contributed by atoms with Crippen LogP contribution in [0.15, 0.2) is 22.7 Å². The van der Waals surface area contributed by atoms with Crippen LogP contribution in [0.1, 0.15) is 24.8 Å². The zero-order valence-electron chi connectivity index (χ0n) is 9.28. The molecule has 86 valence electrons. The molecule has 1 aromatic carbocycles. The number of halogens is 1. The monoisotopic (exact) mass is 289 g/mol. The van der Waals surface area contributed by atoms with Gasteiger partial charge in [0.2, 0.25) is 0 Å². The number of nitrogens with one attached hydrogen (secondary N) is 1. The second-order valence-electron chi connectivity index (χ2n) is 4.22. The van der Waals surface area contributed by atoms with Crippen molar-refractivity contribution in [3.8, 4) is 12.1 Å². The van der Waals surface area contributed by atoms with E-state index in [-0.39, 0.29) is 12.0 Å². The topological polar surface area (TPSA) is 59.6 Å². The van der Waals surface area contributed by atoms with E-state index in [0.717, 1.165) is 29.4 Å². The van der Waals surface area contributed by atoms with Crippen LogP contribution in [-0.2, 0) is 0 Å². The normalized spacial score (nSPS) is 22.8. The molecule has 1 fully saturated rings. The quantitative estimate of drug-likeness (QED) is 0.907. The molecule has 2 atom stereocenters. The first-order valence-electron chi connectivity index (χ1n) is 5.60. The highest BCUT2D eigenvalue weighted by molar-refractivity contribution is 9.10. The fourth-order valence-electron chi connectivity index (χ4n) is 2.22. The van der Waals surface area contributed by atoms with Crippen LogP contribution in [0.4, 0.5) is 5.69 Å². The van der Waals surface area contributed by atoms with Crippen molar-refractivity contribution in [2.75, 3.05) is 5.32 Å². The van der Waals surface area contributed by atoms with E-state index in [1.807, 2.05) is 12.1 Å². The van der Waals surface area contributed by atoms with E-state index in [4.69, 9.17) is 10.5 Å². The summed E-state index contributed by atoms with van der Waals surface area (Å²) in [4.78, 5) is 0. The first-order valence-corrected chi connectivity index (χ1v) is 6.39. The van der Waals surface area contributed by atoms with Gasteiger partial charge in [-0.25, -0.2) is 0 Å². The summed E-state index contributed by atoms with van der Waals surface area (Å²) in [6.45, 7) is 0. The van der Waals surface area contributed by atoms with Crippen molar-refractivity contribution in [3.63, 3.8) is 0 Å². The lowest BCUT2D eigenvalue weighted by Gasteiger charge is -2.18. The van der Waals surface area contributed by atoms with Crippen molar-refractivity contribution >= 4 is 21.6 Å². The molecule has 2 unspecified atom stereocenters. The van der Waals surface area contributed by atoms with Crippen LogP contribution >= 0.6 is 15.9 Å². The van der Waals surface area contributed by atoms with E-state index in [0.29, 0.717) is 5.56 Å². The summed E-state index contributed by atoms with van der Waals surface area (Å²) in [6.07, 6.45) is 3.02. The van der Waals surface area contributed by atoms with Gasteiger partial charge in [0.1, 0.15) is 6.07 Å². The molecule has 2 rings (SSSR count). The SMILES string of the molecule is N#Cc1ccc(Br)cc1NC1CCCC1C#N. The average Bonchev–Trinajstić information content (AvgIpc) is 2.77. The number of benzene rings is 1. The summed E-state index contributed by atoms with van der Waals surface area (Å²) >= 11 is 3.39. The molecule has 0 radical (unpaired) electrons. The number of hydrogen-bond donors (Lipinski definition) is 1. The lowest BCUT2D eigenvalue weighted by Crippen LogP contribution is -2.23. The first kappa shape index (κ1) is 12.0. The maximum Gasteiger partial charge on any atom is 0.101 e. The number of hydrogen-bond acceptors (Lipinski definition) is 3. The summed E-state index contributed by atoms with van der Waals surface area (Å²) in [5.74, 6) is 0.0560. The van der Waals surface area contributed by atoms with E-state index in [1.165, 1.54) is 0 Å². The summed E-state index contributed by atoms with van der Waals surface area (Å²) < 4.78 is 0.936. The minimum absolute atomic E-state index is 0.0560. The lowest BCUT2D eigenvalue weighted by molar-refractivity contribution is 0.629. The van der Waals surface area contributed by atoms with Gasteiger partial charge in [-0.15, -0.1) is 0 Å². The van der Waals surface area contributed by atoms with Gasteiger partial charge in [-0.05, 0) is 37.5 Å². The third-order valence-electron chi connectivity index (χ3n) is 3.12. The Morgan fingerprint density at radius 3 is 2.82 bits per heavy atom. The predicted molar refractivity (Wildman–Crippen MR) is 69.2 cm³/mol. The maximum atomic E-state index is 9.04. The summed E-state index contributed by atoms with van der Waals surface area (Å²) in [6, 6.07) is 10.2. The van der Waals surface area contributed by atoms with Gasteiger partial charge in [-0.3, -0.25) is 0 Å². The van der Waals surface area contributed by atoms with E-state index in [1.54, 1.807) is 6.07 Å². The zero-order chi connectivity index (χ0) is 12.3. The minimum atomic E-state index is 0.0560. The molecule has 0 amide bonds. The Morgan fingerprint density at radius 1 is 1.29 bits per heavy atom. The van der Waals surface area contributed by atoms with E-state index < -0.39 is 0 Å². The van der Waals surface area contributed by atoms with E-state index in [2.05, 4.69) is 33.4 Å².